The van der Waals surface area contributed by atoms with Crippen molar-refractivity contribution in [3.05, 3.63) is 20.7 Å². The molecule has 1 aromatic rings. The summed E-state index contributed by atoms with van der Waals surface area (Å²) in [5.41, 5.74) is -2.67. The molecule has 1 heterocycles. The zero-order valence-electron chi connectivity index (χ0n) is 10.9. The molecule has 0 bridgehead atoms. The molecule has 19 heavy (non-hydrogen) atoms. The molecule has 0 saturated carbocycles. The van der Waals surface area contributed by atoms with E-state index in [-0.39, 0.29) is 0 Å². The van der Waals surface area contributed by atoms with Crippen molar-refractivity contribution in [3.8, 4) is 0 Å². The number of aliphatic carboxylic acids is 1. The van der Waals surface area contributed by atoms with E-state index in [0.29, 0.717) is 17.3 Å². The lowest BCUT2D eigenvalue weighted by Gasteiger charge is -2.23. The molecule has 0 aromatic carbocycles. The molecule has 0 spiro atoms. The first-order valence-electron chi connectivity index (χ1n) is 5.52. The summed E-state index contributed by atoms with van der Waals surface area (Å²) in [5, 5.41) is 14.5. The second-order valence-electron chi connectivity index (χ2n) is 4.19. The Kier molecular flexibility index (Phi) is 4.90. The number of carbonyl (C=O) groups is 1. The van der Waals surface area contributed by atoms with Gasteiger partial charge in [0.15, 0.2) is 5.16 Å². The molecule has 0 aliphatic rings. The second kappa shape index (κ2) is 6.02. The number of aryl methyl sites for hydroxylation is 1. The third kappa shape index (κ3) is 3.67. The Hall–Kier alpha value is -1.61. The molecule has 106 valence electrons. The van der Waals surface area contributed by atoms with Gasteiger partial charge < -0.3 is 10.4 Å². The Morgan fingerprint density at radius 1 is 1.58 bits per heavy atom. The SMILES string of the molecule is CNC(C)(CCSc1nc(=O)c(=O)[nH]n1C)C(=O)O. The first-order chi connectivity index (χ1) is 8.80. The number of hydrogen-bond acceptors (Lipinski definition) is 6. The van der Waals surface area contributed by atoms with Crippen molar-refractivity contribution in [2.24, 2.45) is 7.05 Å². The molecule has 1 atom stereocenters. The maximum atomic E-state index is 11.1. The molecule has 3 N–H and O–H groups in total. The third-order valence-corrected chi connectivity index (χ3v) is 3.84. The standard InChI is InChI=1S/C10H16N4O4S/c1-10(11-2,8(17)18)4-5-19-9-12-6(15)7(16)13-14(9)3/h11H,4-5H2,1-3H3,(H,13,16)(H,17,18). The van der Waals surface area contributed by atoms with Crippen molar-refractivity contribution in [2.45, 2.75) is 24.0 Å². The van der Waals surface area contributed by atoms with Crippen LogP contribution in [-0.2, 0) is 11.8 Å². The molecule has 8 nitrogen and oxygen atoms in total. The van der Waals surface area contributed by atoms with Crippen LogP contribution in [0.15, 0.2) is 14.7 Å². The van der Waals surface area contributed by atoms with Gasteiger partial charge in [-0.3, -0.25) is 24.2 Å². The van der Waals surface area contributed by atoms with Gasteiger partial charge in [0, 0.05) is 12.8 Å². The zero-order valence-corrected chi connectivity index (χ0v) is 11.7. The van der Waals surface area contributed by atoms with Crippen LogP contribution in [0, 0.1) is 0 Å². The van der Waals surface area contributed by atoms with Gasteiger partial charge in [-0.2, -0.15) is 4.98 Å². The molecule has 9 heteroatoms. The summed E-state index contributed by atoms with van der Waals surface area (Å²) >= 11 is 1.21. The normalized spacial score (nSPS) is 14.1. The number of carboxylic acids is 1. The van der Waals surface area contributed by atoms with Gasteiger partial charge in [-0.15, -0.1) is 0 Å². The Morgan fingerprint density at radius 3 is 2.74 bits per heavy atom. The minimum absolute atomic E-state index is 0.341. The van der Waals surface area contributed by atoms with Crippen molar-refractivity contribution < 1.29 is 9.90 Å². The van der Waals surface area contributed by atoms with E-state index in [9.17, 15) is 14.4 Å². The van der Waals surface area contributed by atoms with Crippen molar-refractivity contribution in [1.82, 2.24) is 20.1 Å². The second-order valence-corrected chi connectivity index (χ2v) is 5.25. The van der Waals surface area contributed by atoms with Gasteiger partial charge in [0.2, 0.25) is 0 Å². The van der Waals surface area contributed by atoms with Gasteiger partial charge >= 0.3 is 17.1 Å². The number of nitrogens with zero attached hydrogens (tertiary/aromatic N) is 2. The Balaban J connectivity index is 2.73. The highest BCUT2D eigenvalue weighted by Crippen LogP contribution is 2.18. The van der Waals surface area contributed by atoms with E-state index in [1.807, 2.05) is 0 Å². The molecule has 1 unspecified atom stereocenters. The number of thioether (sulfide) groups is 1. The molecule has 0 saturated heterocycles. The van der Waals surface area contributed by atoms with Crippen LogP contribution in [-0.4, -0.2) is 44.2 Å². The van der Waals surface area contributed by atoms with Crippen molar-refractivity contribution >= 4 is 17.7 Å². The van der Waals surface area contributed by atoms with Crippen molar-refractivity contribution in [3.63, 3.8) is 0 Å². The minimum Gasteiger partial charge on any atom is -0.480 e. The van der Waals surface area contributed by atoms with Gasteiger partial charge in [-0.25, -0.2) is 0 Å². The zero-order chi connectivity index (χ0) is 14.6. The molecule has 0 aliphatic carbocycles. The first kappa shape index (κ1) is 15.4. The Morgan fingerprint density at radius 2 is 2.21 bits per heavy atom. The fraction of sp³-hybridized carbons (Fsp3) is 0.600. The van der Waals surface area contributed by atoms with Crippen LogP contribution in [0.4, 0.5) is 0 Å². The Labute approximate surface area is 113 Å². The minimum atomic E-state index is -1.03. The van der Waals surface area contributed by atoms with E-state index in [0.717, 1.165) is 0 Å². The number of aromatic amines is 1. The van der Waals surface area contributed by atoms with Crippen LogP contribution >= 0.6 is 11.8 Å². The third-order valence-electron chi connectivity index (χ3n) is 2.80. The summed E-state index contributed by atoms with van der Waals surface area (Å²) in [6.45, 7) is 1.58. The van der Waals surface area contributed by atoms with E-state index in [4.69, 9.17) is 5.11 Å². The van der Waals surface area contributed by atoms with Gasteiger partial charge in [-0.05, 0) is 20.4 Å². The van der Waals surface area contributed by atoms with E-state index in [1.54, 1.807) is 21.0 Å². The molecular formula is C10H16N4O4S. The number of carboxylic acid groups (broad SMARTS) is 1. The topological polar surface area (TPSA) is 117 Å². The van der Waals surface area contributed by atoms with Crippen LogP contribution in [0.2, 0.25) is 0 Å². The quantitative estimate of drug-likeness (QED) is 0.454. The highest BCUT2D eigenvalue weighted by Gasteiger charge is 2.30. The maximum absolute atomic E-state index is 11.1. The number of likely N-dealkylation sites (N-methyl/N-ethyl adjacent to an activating group) is 1. The van der Waals surface area contributed by atoms with Crippen molar-refractivity contribution in [1.29, 1.82) is 0 Å². The highest BCUT2D eigenvalue weighted by atomic mass is 32.2. The summed E-state index contributed by atoms with van der Waals surface area (Å²) in [4.78, 5) is 36.8. The molecule has 0 radical (unpaired) electrons. The van der Waals surface area contributed by atoms with E-state index in [2.05, 4.69) is 15.4 Å². The van der Waals surface area contributed by atoms with Gasteiger partial charge in [-0.1, -0.05) is 11.8 Å². The predicted molar refractivity (Wildman–Crippen MR) is 70.5 cm³/mol. The first-order valence-corrected chi connectivity index (χ1v) is 6.51. The molecule has 0 aliphatic heterocycles. The molecule has 1 aromatic heterocycles. The summed E-state index contributed by atoms with van der Waals surface area (Å²) in [6, 6.07) is 0. The largest absolute Gasteiger partial charge is 0.480 e. The van der Waals surface area contributed by atoms with E-state index < -0.39 is 22.6 Å². The average Bonchev–Trinajstić information content (AvgIpc) is 2.35. The molecular weight excluding hydrogens is 272 g/mol. The monoisotopic (exact) mass is 288 g/mol. The summed E-state index contributed by atoms with van der Waals surface area (Å²) < 4.78 is 1.34. The summed E-state index contributed by atoms with van der Waals surface area (Å²) in [5.74, 6) is -0.505. The van der Waals surface area contributed by atoms with E-state index in [1.165, 1.54) is 16.4 Å². The number of aromatic nitrogens is 3. The number of hydrogen-bond donors (Lipinski definition) is 3. The number of rotatable bonds is 6. The fourth-order valence-corrected chi connectivity index (χ4v) is 2.35. The van der Waals surface area contributed by atoms with Crippen LogP contribution in [0.5, 0.6) is 0 Å². The fourth-order valence-electron chi connectivity index (χ4n) is 1.28. The lowest BCUT2D eigenvalue weighted by atomic mass is 10.00. The van der Waals surface area contributed by atoms with Gasteiger partial charge in [0.05, 0.1) is 0 Å². The molecule has 1 rings (SSSR count). The van der Waals surface area contributed by atoms with Crippen LogP contribution in [0.25, 0.3) is 0 Å². The van der Waals surface area contributed by atoms with E-state index >= 15 is 0 Å². The maximum Gasteiger partial charge on any atom is 0.339 e. The molecule has 0 amide bonds. The smallest absolute Gasteiger partial charge is 0.339 e. The van der Waals surface area contributed by atoms with Crippen LogP contribution in [0.1, 0.15) is 13.3 Å². The van der Waals surface area contributed by atoms with Gasteiger partial charge in [0.1, 0.15) is 5.54 Å². The summed E-state index contributed by atoms with van der Waals surface area (Å²) in [7, 11) is 3.14. The van der Waals surface area contributed by atoms with Gasteiger partial charge in [0.25, 0.3) is 0 Å². The highest BCUT2D eigenvalue weighted by molar-refractivity contribution is 7.99. The Bertz CT molecular complexity index is 582. The molecule has 0 fully saturated rings. The lowest BCUT2D eigenvalue weighted by molar-refractivity contribution is -0.144. The predicted octanol–water partition coefficient (Wildman–Crippen LogP) is -0.986. The number of H-pyrrole nitrogens is 1. The average molecular weight is 288 g/mol. The number of nitrogens with one attached hydrogen (secondary N) is 2. The van der Waals surface area contributed by atoms with Crippen molar-refractivity contribution in [2.75, 3.05) is 12.8 Å². The van der Waals surface area contributed by atoms with Crippen LogP contribution in [0.3, 0.4) is 0 Å². The van der Waals surface area contributed by atoms with Crippen LogP contribution < -0.4 is 16.4 Å². The lowest BCUT2D eigenvalue weighted by Crippen LogP contribution is -2.47. The summed E-state index contributed by atoms with van der Waals surface area (Å²) in [6.07, 6.45) is 0.346.